The Morgan fingerprint density at radius 2 is 2.00 bits per heavy atom. The maximum absolute atomic E-state index is 12.9. The van der Waals surface area contributed by atoms with E-state index < -0.39 is 6.04 Å². The first-order valence-corrected chi connectivity index (χ1v) is 9.37. The minimum absolute atomic E-state index is 0.359. The number of benzene rings is 1. The Bertz CT molecular complexity index is 875. The molecule has 1 aliphatic heterocycles. The molecule has 150 valence electrons. The molecule has 0 saturated carbocycles. The topological polar surface area (TPSA) is 87.5 Å². The quantitative estimate of drug-likeness (QED) is 0.550. The number of hydrogen-bond acceptors (Lipinski definition) is 7. The monoisotopic (exact) mass is 386 g/mol. The summed E-state index contributed by atoms with van der Waals surface area (Å²) in [5.41, 5.74) is 2.02. The summed E-state index contributed by atoms with van der Waals surface area (Å²) in [7, 11) is 3.16. The molecule has 1 aliphatic rings. The first-order valence-electron chi connectivity index (χ1n) is 9.37. The first kappa shape index (κ1) is 19.7. The number of carbonyl (C=O) groups is 1. The second-order valence-electron chi connectivity index (χ2n) is 6.55. The van der Waals surface area contributed by atoms with E-state index >= 15 is 0 Å². The van der Waals surface area contributed by atoms with Crippen LogP contribution < -0.4 is 14.8 Å². The summed E-state index contributed by atoms with van der Waals surface area (Å²) in [4.78, 5) is 17.2. The lowest BCUT2D eigenvalue weighted by atomic mass is 9.95. The van der Waals surface area contributed by atoms with Crippen LogP contribution in [0.4, 0.5) is 5.95 Å². The van der Waals surface area contributed by atoms with Crippen LogP contribution in [0.3, 0.4) is 0 Å². The number of hydrogen-bond donors (Lipinski definition) is 1. The highest BCUT2D eigenvalue weighted by molar-refractivity contribution is 5.92. The van der Waals surface area contributed by atoms with E-state index in [0.717, 1.165) is 24.8 Å². The van der Waals surface area contributed by atoms with Crippen LogP contribution in [0.15, 0.2) is 35.8 Å². The maximum atomic E-state index is 12.9. The molecule has 28 heavy (non-hydrogen) atoms. The number of fused-ring (bicyclic) bond motifs is 1. The van der Waals surface area contributed by atoms with Crippen LogP contribution in [-0.2, 0) is 9.53 Å². The maximum Gasteiger partial charge on any atom is 0.338 e. The zero-order chi connectivity index (χ0) is 20.1. The van der Waals surface area contributed by atoms with Crippen molar-refractivity contribution in [2.45, 2.75) is 39.2 Å². The van der Waals surface area contributed by atoms with E-state index in [-0.39, 0.29) is 5.97 Å². The van der Waals surface area contributed by atoms with Crippen molar-refractivity contribution in [1.29, 1.82) is 0 Å². The standard InChI is InChI=1S/C20H26N4O4/c1-5-6-7-10-28-19(25)17-13(2)23-20-21-12-22-24(20)18(17)14-8-9-15(26-3)16(11-14)27-4/h8-9,11-12,18H,5-7,10H2,1-4H3,(H,21,22,23). The van der Waals surface area contributed by atoms with Crippen molar-refractivity contribution in [2.24, 2.45) is 0 Å². The molecule has 8 nitrogen and oxygen atoms in total. The fourth-order valence-electron chi connectivity index (χ4n) is 3.28. The molecular formula is C20H26N4O4. The predicted octanol–water partition coefficient (Wildman–Crippen LogP) is 3.32. The van der Waals surface area contributed by atoms with Gasteiger partial charge in [0.2, 0.25) is 5.95 Å². The second kappa shape index (κ2) is 8.77. The molecule has 0 aliphatic carbocycles. The Morgan fingerprint density at radius 3 is 2.71 bits per heavy atom. The van der Waals surface area contributed by atoms with Crippen molar-refractivity contribution >= 4 is 11.9 Å². The van der Waals surface area contributed by atoms with Crippen LogP contribution in [0.2, 0.25) is 0 Å². The number of anilines is 1. The number of aromatic nitrogens is 3. The molecule has 0 bridgehead atoms. The molecule has 1 atom stereocenters. The number of rotatable bonds is 8. The number of nitrogens with one attached hydrogen (secondary N) is 1. The number of ether oxygens (including phenoxy) is 3. The smallest absolute Gasteiger partial charge is 0.338 e. The Labute approximate surface area is 164 Å². The van der Waals surface area contributed by atoms with Gasteiger partial charge in [0.05, 0.1) is 26.4 Å². The van der Waals surface area contributed by atoms with E-state index in [1.165, 1.54) is 6.33 Å². The molecule has 0 radical (unpaired) electrons. The van der Waals surface area contributed by atoms with Gasteiger partial charge in [-0.2, -0.15) is 10.1 Å². The fraction of sp³-hybridized carbons (Fsp3) is 0.450. The predicted molar refractivity (Wildman–Crippen MR) is 105 cm³/mol. The molecule has 8 heteroatoms. The van der Waals surface area contributed by atoms with E-state index in [1.807, 2.05) is 25.1 Å². The van der Waals surface area contributed by atoms with E-state index in [9.17, 15) is 4.79 Å². The first-order chi connectivity index (χ1) is 13.6. The molecule has 1 N–H and O–H groups in total. The lowest BCUT2D eigenvalue weighted by molar-refractivity contribution is -0.139. The molecule has 0 fully saturated rings. The fourth-order valence-corrected chi connectivity index (χ4v) is 3.28. The van der Waals surface area contributed by atoms with Gasteiger partial charge in [-0.1, -0.05) is 25.8 Å². The zero-order valence-corrected chi connectivity index (χ0v) is 16.7. The van der Waals surface area contributed by atoms with Crippen molar-refractivity contribution in [1.82, 2.24) is 14.8 Å². The average molecular weight is 386 g/mol. The highest BCUT2D eigenvalue weighted by atomic mass is 16.5. The largest absolute Gasteiger partial charge is 0.493 e. The molecule has 2 heterocycles. The summed E-state index contributed by atoms with van der Waals surface area (Å²) in [6.07, 6.45) is 4.39. The number of unbranched alkanes of at least 4 members (excludes halogenated alkanes) is 2. The van der Waals surface area contributed by atoms with Crippen LogP contribution in [0.5, 0.6) is 11.5 Å². The summed E-state index contributed by atoms with van der Waals surface area (Å²) >= 11 is 0. The van der Waals surface area contributed by atoms with Gasteiger partial charge in [0, 0.05) is 5.70 Å². The average Bonchev–Trinajstić information content (AvgIpc) is 3.17. The van der Waals surface area contributed by atoms with Crippen LogP contribution in [0.1, 0.15) is 44.7 Å². The highest BCUT2D eigenvalue weighted by Gasteiger charge is 2.34. The minimum Gasteiger partial charge on any atom is -0.493 e. The van der Waals surface area contributed by atoms with Crippen LogP contribution in [-0.4, -0.2) is 41.6 Å². The van der Waals surface area contributed by atoms with Gasteiger partial charge in [0.1, 0.15) is 12.4 Å². The summed E-state index contributed by atoms with van der Waals surface area (Å²) in [5.74, 6) is 1.40. The van der Waals surface area contributed by atoms with E-state index in [2.05, 4.69) is 22.3 Å². The Morgan fingerprint density at radius 1 is 1.21 bits per heavy atom. The SMILES string of the molecule is CCCCCOC(=O)C1=C(C)Nc2ncnn2C1c1ccc(OC)c(OC)c1. The van der Waals surface area contributed by atoms with Crippen molar-refractivity contribution in [2.75, 3.05) is 26.1 Å². The van der Waals surface area contributed by atoms with Gasteiger partial charge in [-0.25, -0.2) is 9.48 Å². The summed E-state index contributed by atoms with van der Waals surface area (Å²) < 4.78 is 18.0. The van der Waals surface area contributed by atoms with Gasteiger partial charge in [-0.15, -0.1) is 0 Å². The minimum atomic E-state index is -0.475. The van der Waals surface area contributed by atoms with E-state index in [4.69, 9.17) is 14.2 Å². The molecule has 0 spiro atoms. The van der Waals surface area contributed by atoms with Gasteiger partial charge >= 0.3 is 5.97 Å². The number of methoxy groups -OCH3 is 2. The normalized spacial score (nSPS) is 15.6. The summed E-state index contributed by atoms with van der Waals surface area (Å²) in [5, 5.41) is 7.45. The second-order valence-corrected chi connectivity index (χ2v) is 6.55. The molecule has 1 aromatic carbocycles. The third-order valence-electron chi connectivity index (χ3n) is 4.72. The highest BCUT2D eigenvalue weighted by Crippen LogP contribution is 2.38. The molecule has 2 aromatic rings. The van der Waals surface area contributed by atoms with Gasteiger partial charge in [0.15, 0.2) is 11.5 Å². The number of nitrogens with zero attached hydrogens (tertiary/aromatic N) is 3. The number of allylic oxidation sites excluding steroid dienone is 1. The van der Waals surface area contributed by atoms with E-state index in [0.29, 0.717) is 35.3 Å². The van der Waals surface area contributed by atoms with Crippen molar-refractivity contribution < 1.29 is 19.0 Å². The van der Waals surface area contributed by atoms with Crippen LogP contribution in [0.25, 0.3) is 0 Å². The Hall–Kier alpha value is -3.03. The lowest BCUT2D eigenvalue weighted by Crippen LogP contribution is -2.29. The summed E-state index contributed by atoms with van der Waals surface area (Å²) in [6.45, 7) is 4.35. The zero-order valence-electron chi connectivity index (χ0n) is 16.7. The summed E-state index contributed by atoms with van der Waals surface area (Å²) in [6, 6.07) is 5.07. The third kappa shape index (κ3) is 3.81. The number of carbonyl (C=O) groups excluding carboxylic acids is 1. The van der Waals surface area contributed by atoms with Gasteiger partial charge in [-0.3, -0.25) is 0 Å². The molecule has 0 saturated heterocycles. The molecule has 0 amide bonds. The Balaban J connectivity index is 1.99. The molecule has 1 aromatic heterocycles. The number of esters is 1. The Kier molecular flexibility index (Phi) is 6.18. The van der Waals surface area contributed by atoms with E-state index in [1.54, 1.807) is 18.9 Å². The van der Waals surface area contributed by atoms with Crippen molar-refractivity contribution in [3.8, 4) is 11.5 Å². The van der Waals surface area contributed by atoms with Crippen molar-refractivity contribution in [3.05, 3.63) is 41.4 Å². The third-order valence-corrected chi connectivity index (χ3v) is 4.72. The van der Waals surface area contributed by atoms with Gasteiger partial charge in [0.25, 0.3) is 0 Å². The molecule has 1 unspecified atom stereocenters. The lowest BCUT2D eigenvalue weighted by Gasteiger charge is -2.28. The van der Waals surface area contributed by atoms with Crippen LogP contribution in [0, 0.1) is 0 Å². The van der Waals surface area contributed by atoms with Crippen molar-refractivity contribution in [3.63, 3.8) is 0 Å². The van der Waals surface area contributed by atoms with Gasteiger partial charge < -0.3 is 19.5 Å². The van der Waals surface area contributed by atoms with Gasteiger partial charge in [-0.05, 0) is 31.0 Å². The molecular weight excluding hydrogens is 360 g/mol. The van der Waals surface area contributed by atoms with Crippen LogP contribution >= 0.6 is 0 Å². The molecule has 3 rings (SSSR count).